The fraction of sp³-hybridized carbons (Fsp3) is 1.00. The number of aliphatic hydroxyl groups is 3. The van der Waals surface area contributed by atoms with Crippen molar-refractivity contribution in [3.05, 3.63) is 0 Å². The van der Waals surface area contributed by atoms with Gasteiger partial charge in [0.25, 0.3) is 0 Å². The molecule has 2 unspecified atom stereocenters. The summed E-state index contributed by atoms with van der Waals surface area (Å²) in [6.45, 7) is 4.17. The number of hydrogen-bond donors (Lipinski definition) is 3. The van der Waals surface area contributed by atoms with Gasteiger partial charge in [-0.1, -0.05) is 13.8 Å². The van der Waals surface area contributed by atoms with Gasteiger partial charge in [-0.2, -0.15) is 0 Å². The Labute approximate surface area is 72.8 Å². The molecular weight excluding hydrogens is 160 g/mol. The highest BCUT2D eigenvalue weighted by molar-refractivity contribution is 4.79. The summed E-state index contributed by atoms with van der Waals surface area (Å²) in [6.07, 6.45) is -1.84. The standard InChI is InChI=1S/C6H12O4.C2H6/c7-3-5-6(9)4(8)1-2-10-5;1-2/h4-9H,1-3H2;1-2H3/t4?,5-,6?;/m1./s1. The number of ether oxygens (including phenoxy) is 1. The summed E-state index contributed by atoms with van der Waals surface area (Å²) in [7, 11) is 0. The first kappa shape index (κ1) is 11.8. The van der Waals surface area contributed by atoms with Crippen LogP contribution in [0.2, 0.25) is 0 Å². The number of hydrogen-bond acceptors (Lipinski definition) is 4. The molecule has 1 fully saturated rings. The van der Waals surface area contributed by atoms with Gasteiger partial charge >= 0.3 is 0 Å². The average molecular weight is 178 g/mol. The van der Waals surface area contributed by atoms with Crippen LogP contribution in [0.3, 0.4) is 0 Å². The van der Waals surface area contributed by atoms with Gasteiger partial charge in [0.1, 0.15) is 12.2 Å². The fourth-order valence-electron chi connectivity index (χ4n) is 1.02. The van der Waals surface area contributed by atoms with Crippen LogP contribution in [0.5, 0.6) is 0 Å². The summed E-state index contributed by atoms with van der Waals surface area (Å²) in [5, 5.41) is 26.7. The van der Waals surface area contributed by atoms with Crippen molar-refractivity contribution in [2.75, 3.05) is 13.2 Å². The van der Waals surface area contributed by atoms with Crippen LogP contribution >= 0.6 is 0 Å². The first-order chi connectivity index (χ1) is 5.75. The van der Waals surface area contributed by atoms with E-state index in [9.17, 15) is 0 Å². The smallest absolute Gasteiger partial charge is 0.109 e. The molecule has 12 heavy (non-hydrogen) atoms. The summed E-state index contributed by atoms with van der Waals surface area (Å²) in [6, 6.07) is 0. The molecule has 0 radical (unpaired) electrons. The van der Waals surface area contributed by atoms with Crippen molar-refractivity contribution in [3.63, 3.8) is 0 Å². The van der Waals surface area contributed by atoms with E-state index in [1.165, 1.54) is 0 Å². The molecule has 0 saturated carbocycles. The van der Waals surface area contributed by atoms with Crippen LogP contribution in [-0.2, 0) is 4.74 Å². The predicted molar refractivity (Wildman–Crippen MR) is 44.8 cm³/mol. The molecule has 0 spiro atoms. The molecule has 0 aromatic heterocycles. The van der Waals surface area contributed by atoms with Crippen molar-refractivity contribution in [1.82, 2.24) is 0 Å². The molecule has 1 saturated heterocycles. The Bertz CT molecular complexity index is 107. The van der Waals surface area contributed by atoms with E-state index >= 15 is 0 Å². The second-order valence-electron chi connectivity index (χ2n) is 2.44. The molecular formula is C8H18O4. The van der Waals surface area contributed by atoms with E-state index in [1.54, 1.807) is 0 Å². The lowest BCUT2D eigenvalue weighted by Crippen LogP contribution is -2.46. The van der Waals surface area contributed by atoms with Crippen LogP contribution in [-0.4, -0.2) is 46.8 Å². The Balaban J connectivity index is 0.000000561. The minimum Gasteiger partial charge on any atom is -0.394 e. The molecule has 4 nitrogen and oxygen atoms in total. The normalized spacial score (nSPS) is 35.2. The van der Waals surface area contributed by atoms with Crippen molar-refractivity contribution in [1.29, 1.82) is 0 Å². The minimum atomic E-state index is -0.932. The topological polar surface area (TPSA) is 69.9 Å². The molecule has 3 atom stereocenters. The highest BCUT2D eigenvalue weighted by atomic mass is 16.5. The number of aliphatic hydroxyl groups excluding tert-OH is 3. The van der Waals surface area contributed by atoms with E-state index in [0.29, 0.717) is 13.0 Å². The largest absolute Gasteiger partial charge is 0.394 e. The molecule has 1 rings (SSSR count). The van der Waals surface area contributed by atoms with E-state index in [-0.39, 0.29) is 6.61 Å². The first-order valence-corrected chi connectivity index (χ1v) is 4.34. The minimum absolute atomic E-state index is 0.238. The molecule has 0 amide bonds. The zero-order chi connectivity index (χ0) is 9.56. The zero-order valence-corrected chi connectivity index (χ0v) is 7.60. The van der Waals surface area contributed by atoms with E-state index in [0.717, 1.165) is 0 Å². The van der Waals surface area contributed by atoms with Gasteiger partial charge in [0.2, 0.25) is 0 Å². The maximum Gasteiger partial charge on any atom is 0.109 e. The zero-order valence-electron chi connectivity index (χ0n) is 7.60. The van der Waals surface area contributed by atoms with E-state index in [2.05, 4.69) is 0 Å². The van der Waals surface area contributed by atoms with Crippen LogP contribution in [0.1, 0.15) is 20.3 Å². The lowest BCUT2D eigenvalue weighted by Gasteiger charge is -2.30. The maximum atomic E-state index is 9.10. The fourth-order valence-corrected chi connectivity index (χ4v) is 1.02. The third-order valence-corrected chi connectivity index (χ3v) is 1.70. The first-order valence-electron chi connectivity index (χ1n) is 4.34. The molecule has 1 aliphatic rings. The summed E-state index contributed by atoms with van der Waals surface area (Å²) < 4.78 is 4.95. The number of rotatable bonds is 1. The van der Waals surface area contributed by atoms with Crippen molar-refractivity contribution < 1.29 is 20.1 Å². The molecule has 0 aromatic rings. The van der Waals surface area contributed by atoms with Crippen molar-refractivity contribution in [2.45, 2.75) is 38.6 Å². The second kappa shape index (κ2) is 6.37. The summed E-state index contributed by atoms with van der Waals surface area (Å²) >= 11 is 0. The average Bonchev–Trinajstić information content (AvgIpc) is 2.13. The highest BCUT2D eigenvalue weighted by Crippen LogP contribution is 2.13. The van der Waals surface area contributed by atoms with E-state index < -0.39 is 18.3 Å². The molecule has 3 N–H and O–H groups in total. The van der Waals surface area contributed by atoms with Crippen LogP contribution in [0.15, 0.2) is 0 Å². The molecule has 0 aliphatic carbocycles. The van der Waals surface area contributed by atoms with Gasteiger partial charge in [-0.25, -0.2) is 0 Å². The molecule has 1 aliphatic heterocycles. The Hall–Kier alpha value is -0.160. The van der Waals surface area contributed by atoms with Gasteiger partial charge in [0, 0.05) is 6.61 Å². The van der Waals surface area contributed by atoms with Gasteiger partial charge in [-0.3, -0.25) is 0 Å². The van der Waals surface area contributed by atoms with Crippen LogP contribution in [0.4, 0.5) is 0 Å². The SMILES string of the molecule is CC.OC[C@H]1OCCC(O)C1O. The van der Waals surface area contributed by atoms with Crippen molar-refractivity contribution >= 4 is 0 Å². The van der Waals surface area contributed by atoms with Gasteiger partial charge in [-0.15, -0.1) is 0 Å². The molecule has 0 bridgehead atoms. The van der Waals surface area contributed by atoms with Gasteiger partial charge < -0.3 is 20.1 Å². The maximum absolute atomic E-state index is 9.10. The van der Waals surface area contributed by atoms with Crippen molar-refractivity contribution in [2.24, 2.45) is 0 Å². The molecule has 0 aromatic carbocycles. The third kappa shape index (κ3) is 3.06. The van der Waals surface area contributed by atoms with E-state index in [4.69, 9.17) is 20.1 Å². The Morgan fingerprint density at radius 1 is 1.33 bits per heavy atom. The lowest BCUT2D eigenvalue weighted by molar-refractivity contribution is -0.147. The van der Waals surface area contributed by atoms with Crippen LogP contribution in [0.25, 0.3) is 0 Å². The summed E-state index contributed by atoms with van der Waals surface area (Å²) in [4.78, 5) is 0. The molecule has 4 heteroatoms. The van der Waals surface area contributed by atoms with Crippen LogP contribution in [0, 0.1) is 0 Å². The Morgan fingerprint density at radius 3 is 2.33 bits per heavy atom. The Morgan fingerprint density at radius 2 is 1.92 bits per heavy atom. The summed E-state index contributed by atoms with van der Waals surface area (Å²) in [5.41, 5.74) is 0. The molecule has 74 valence electrons. The highest BCUT2D eigenvalue weighted by Gasteiger charge is 2.30. The monoisotopic (exact) mass is 178 g/mol. The van der Waals surface area contributed by atoms with Crippen molar-refractivity contribution in [3.8, 4) is 0 Å². The predicted octanol–water partition coefficient (Wildman–Crippen LogP) is -0.484. The Kier molecular flexibility index (Phi) is 6.28. The van der Waals surface area contributed by atoms with Crippen LogP contribution < -0.4 is 0 Å². The van der Waals surface area contributed by atoms with E-state index in [1.807, 2.05) is 13.8 Å². The lowest BCUT2D eigenvalue weighted by atomic mass is 10.0. The van der Waals surface area contributed by atoms with Gasteiger partial charge in [0.15, 0.2) is 0 Å². The van der Waals surface area contributed by atoms with Gasteiger partial charge in [0.05, 0.1) is 12.7 Å². The third-order valence-electron chi connectivity index (χ3n) is 1.70. The molecule has 1 heterocycles. The summed E-state index contributed by atoms with van der Waals surface area (Å²) in [5.74, 6) is 0. The quantitative estimate of drug-likeness (QED) is 0.507. The second-order valence-corrected chi connectivity index (χ2v) is 2.44. The van der Waals surface area contributed by atoms with Gasteiger partial charge in [-0.05, 0) is 6.42 Å².